The molecular formula is C17H21FN2O2. The minimum atomic E-state index is -0.502. The SMILES string of the molecule is CC(C)(C)OC(=O)N1C2C=C(c3ccncc3F)CC1CC2. The number of fused-ring (bicyclic) bond motifs is 2. The second kappa shape index (κ2) is 5.38. The van der Waals surface area contributed by atoms with Crippen LogP contribution < -0.4 is 0 Å². The molecule has 0 N–H and O–H groups in total. The van der Waals surface area contributed by atoms with E-state index in [1.165, 1.54) is 6.20 Å². The van der Waals surface area contributed by atoms with Crippen LogP contribution in [0.25, 0.3) is 5.57 Å². The first-order valence-electron chi connectivity index (χ1n) is 7.67. The third-order valence-electron chi connectivity index (χ3n) is 4.12. The van der Waals surface area contributed by atoms with Crippen molar-refractivity contribution in [3.63, 3.8) is 0 Å². The van der Waals surface area contributed by atoms with Crippen molar-refractivity contribution < 1.29 is 13.9 Å². The van der Waals surface area contributed by atoms with Gasteiger partial charge in [0.15, 0.2) is 0 Å². The van der Waals surface area contributed by atoms with Gasteiger partial charge in [-0.25, -0.2) is 9.18 Å². The molecule has 2 aliphatic heterocycles. The Morgan fingerprint density at radius 2 is 2.18 bits per heavy atom. The lowest BCUT2D eigenvalue weighted by atomic mass is 9.95. The number of carbonyl (C=O) groups is 1. The maximum Gasteiger partial charge on any atom is 0.411 e. The fourth-order valence-corrected chi connectivity index (χ4v) is 3.26. The summed E-state index contributed by atoms with van der Waals surface area (Å²) in [6, 6.07) is 1.78. The summed E-state index contributed by atoms with van der Waals surface area (Å²) in [4.78, 5) is 18.0. The van der Waals surface area contributed by atoms with E-state index in [2.05, 4.69) is 4.98 Å². The molecule has 3 rings (SSSR count). The minimum absolute atomic E-state index is 0.00355. The Bertz CT molecular complexity index is 621. The van der Waals surface area contributed by atoms with E-state index in [0.29, 0.717) is 12.0 Å². The summed E-state index contributed by atoms with van der Waals surface area (Å²) in [6.07, 6.45) is 7.06. The van der Waals surface area contributed by atoms with Gasteiger partial charge in [-0.1, -0.05) is 6.08 Å². The summed E-state index contributed by atoms with van der Waals surface area (Å²) in [5.41, 5.74) is 1.06. The number of hydrogen-bond acceptors (Lipinski definition) is 3. The van der Waals surface area contributed by atoms with Crippen LogP contribution in [0.5, 0.6) is 0 Å². The Kier molecular flexibility index (Phi) is 3.67. The lowest BCUT2D eigenvalue weighted by Gasteiger charge is -2.35. The second-order valence-electron chi connectivity index (χ2n) is 6.94. The van der Waals surface area contributed by atoms with E-state index >= 15 is 0 Å². The Morgan fingerprint density at radius 1 is 1.41 bits per heavy atom. The molecule has 2 atom stereocenters. The highest BCUT2D eigenvalue weighted by Crippen LogP contribution is 2.39. The van der Waals surface area contributed by atoms with E-state index in [4.69, 9.17) is 4.74 Å². The molecule has 2 unspecified atom stereocenters. The van der Waals surface area contributed by atoms with Crippen LogP contribution in [-0.4, -0.2) is 33.7 Å². The van der Waals surface area contributed by atoms with E-state index in [1.54, 1.807) is 12.3 Å². The van der Waals surface area contributed by atoms with E-state index in [9.17, 15) is 9.18 Å². The van der Waals surface area contributed by atoms with Crippen LogP contribution in [0.1, 0.15) is 45.6 Å². The molecule has 22 heavy (non-hydrogen) atoms. The molecule has 3 heterocycles. The van der Waals surface area contributed by atoms with Crippen molar-refractivity contribution in [1.82, 2.24) is 9.88 Å². The quantitative estimate of drug-likeness (QED) is 0.793. The topological polar surface area (TPSA) is 42.4 Å². The number of halogens is 1. The maximum atomic E-state index is 13.9. The molecule has 4 nitrogen and oxygen atoms in total. The molecule has 5 heteroatoms. The fourth-order valence-electron chi connectivity index (χ4n) is 3.26. The lowest BCUT2D eigenvalue weighted by Crippen LogP contribution is -2.45. The molecule has 1 aromatic heterocycles. The normalized spacial score (nSPS) is 24.2. The Balaban J connectivity index is 1.84. The van der Waals surface area contributed by atoms with Gasteiger partial charge < -0.3 is 4.74 Å². The number of pyridine rings is 1. The Hall–Kier alpha value is -1.91. The number of ether oxygens (including phenoxy) is 1. The maximum absolute atomic E-state index is 13.9. The predicted molar refractivity (Wildman–Crippen MR) is 81.7 cm³/mol. The van der Waals surface area contributed by atoms with Crippen LogP contribution in [0.2, 0.25) is 0 Å². The fraction of sp³-hybridized carbons (Fsp3) is 0.529. The molecular weight excluding hydrogens is 283 g/mol. The average Bonchev–Trinajstić information content (AvgIpc) is 2.68. The molecule has 2 aliphatic rings. The zero-order valence-corrected chi connectivity index (χ0v) is 13.2. The van der Waals surface area contributed by atoms with Crippen molar-refractivity contribution in [3.05, 3.63) is 35.9 Å². The summed E-state index contributed by atoms with van der Waals surface area (Å²) >= 11 is 0. The first-order chi connectivity index (χ1) is 10.3. The molecule has 0 aliphatic carbocycles. The van der Waals surface area contributed by atoms with E-state index in [0.717, 1.165) is 18.4 Å². The van der Waals surface area contributed by atoms with Crippen molar-refractivity contribution >= 4 is 11.7 Å². The molecule has 0 spiro atoms. The van der Waals surface area contributed by atoms with Gasteiger partial charge in [0, 0.05) is 17.8 Å². The van der Waals surface area contributed by atoms with Crippen LogP contribution in [0.15, 0.2) is 24.5 Å². The highest BCUT2D eigenvalue weighted by atomic mass is 19.1. The number of amides is 1. The standard InChI is InChI=1S/C17H21FN2O2/c1-17(2,3)22-16(21)20-12-4-5-13(20)9-11(8-12)14-6-7-19-10-15(14)18/h6-8,10,12-13H,4-5,9H2,1-3H3. The largest absolute Gasteiger partial charge is 0.444 e. The smallest absolute Gasteiger partial charge is 0.411 e. The average molecular weight is 304 g/mol. The lowest BCUT2D eigenvalue weighted by molar-refractivity contribution is 0.0175. The Labute approximate surface area is 130 Å². The minimum Gasteiger partial charge on any atom is -0.444 e. The van der Waals surface area contributed by atoms with Crippen LogP contribution in [0.4, 0.5) is 9.18 Å². The van der Waals surface area contributed by atoms with Gasteiger partial charge >= 0.3 is 6.09 Å². The third kappa shape index (κ3) is 2.85. The molecule has 2 bridgehead atoms. The summed E-state index contributed by atoms with van der Waals surface area (Å²) < 4.78 is 19.4. The zero-order chi connectivity index (χ0) is 15.9. The van der Waals surface area contributed by atoms with Crippen molar-refractivity contribution in [2.45, 2.75) is 57.7 Å². The molecule has 0 saturated carbocycles. The summed E-state index contributed by atoms with van der Waals surface area (Å²) in [5, 5.41) is 0. The second-order valence-corrected chi connectivity index (χ2v) is 6.94. The van der Waals surface area contributed by atoms with Gasteiger partial charge in [0.05, 0.1) is 12.2 Å². The summed E-state index contributed by atoms with van der Waals surface area (Å²) in [5.74, 6) is -0.307. The van der Waals surface area contributed by atoms with Gasteiger partial charge in [-0.05, 0) is 51.7 Å². The molecule has 1 fully saturated rings. The van der Waals surface area contributed by atoms with E-state index in [-0.39, 0.29) is 24.0 Å². The van der Waals surface area contributed by atoms with Crippen LogP contribution in [0, 0.1) is 5.82 Å². The highest BCUT2D eigenvalue weighted by Gasteiger charge is 2.41. The van der Waals surface area contributed by atoms with Gasteiger partial charge in [-0.2, -0.15) is 0 Å². The number of carbonyl (C=O) groups excluding carboxylic acids is 1. The van der Waals surface area contributed by atoms with Gasteiger partial charge in [-0.3, -0.25) is 9.88 Å². The van der Waals surface area contributed by atoms with Gasteiger partial charge in [-0.15, -0.1) is 0 Å². The van der Waals surface area contributed by atoms with Crippen molar-refractivity contribution in [3.8, 4) is 0 Å². The summed E-state index contributed by atoms with van der Waals surface area (Å²) in [7, 11) is 0. The third-order valence-corrected chi connectivity index (χ3v) is 4.12. The number of aromatic nitrogens is 1. The molecule has 1 saturated heterocycles. The number of nitrogens with zero attached hydrogens (tertiary/aromatic N) is 2. The van der Waals surface area contributed by atoms with E-state index in [1.807, 2.05) is 31.7 Å². The molecule has 0 aromatic carbocycles. The van der Waals surface area contributed by atoms with Crippen molar-refractivity contribution in [2.24, 2.45) is 0 Å². The zero-order valence-electron chi connectivity index (χ0n) is 13.2. The molecule has 0 radical (unpaired) electrons. The van der Waals surface area contributed by atoms with Gasteiger partial charge in [0.2, 0.25) is 0 Å². The van der Waals surface area contributed by atoms with Crippen molar-refractivity contribution in [2.75, 3.05) is 0 Å². The van der Waals surface area contributed by atoms with E-state index < -0.39 is 5.60 Å². The molecule has 118 valence electrons. The Morgan fingerprint density at radius 3 is 2.82 bits per heavy atom. The first kappa shape index (κ1) is 15.0. The van der Waals surface area contributed by atoms with Gasteiger partial charge in [0.1, 0.15) is 11.4 Å². The molecule has 1 aromatic rings. The number of hydrogen-bond donors (Lipinski definition) is 0. The van der Waals surface area contributed by atoms with Gasteiger partial charge in [0.25, 0.3) is 0 Å². The van der Waals surface area contributed by atoms with Crippen LogP contribution in [0.3, 0.4) is 0 Å². The van der Waals surface area contributed by atoms with Crippen LogP contribution >= 0.6 is 0 Å². The van der Waals surface area contributed by atoms with Crippen molar-refractivity contribution in [1.29, 1.82) is 0 Å². The molecule has 1 amide bonds. The monoisotopic (exact) mass is 304 g/mol. The highest BCUT2D eigenvalue weighted by molar-refractivity contribution is 5.75. The summed E-state index contributed by atoms with van der Waals surface area (Å²) in [6.45, 7) is 5.60. The number of rotatable bonds is 1. The van der Waals surface area contributed by atoms with Crippen LogP contribution in [-0.2, 0) is 4.74 Å². The first-order valence-corrected chi connectivity index (χ1v) is 7.67. The predicted octanol–water partition coefficient (Wildman–Crippen LogP) is 3.78.